The van der Waals surface area contributed by atoms with E-state index in [1.165, 1.54) is 0 Å². The molecule has 8 heteroatoms. The van der Waals surface area contributed by atoms with Crippen molar-refractivity contribution in [3.05, 3.63) is 35.4 Å². The van der Waals surface area contributed by atoms with Gasteiger partial charge in [0, 0.05) is 32.9 Å². The van der Waals surface area contributed by atoms with Gasteiger partial charge in [-0.1, -0.05) is 0 Å². The van der Waals surface area contributed by atoms with Gasteiger partial charge in [0.1, 0.15) is 0 Å². The number of aromatic nitrogens is 4. The summed E-state index contributed by atoms with van der Waals surface area (Å²) in [6.45, 7) is 2.89. The van der Waals surface area contributed by atoms with E-state index in [0.29, 0.717) is 18.7 Å². The highest BCUT2D eigenvalue weighted by molar-refractivity contribution is 5.95. The molecule has 1 fully saturated rings. The molecule has 4 heterocycles. The number of carbonyl (C=O) groups excluding carboxylic acids is 1. The number of nitrogens with zero attached hydrogens (tertiary/aromatic N) is 5. The highest BCUT2D eigenvalue weighted by atomic mass is 16.5. The maximum absolute atomic E-state index is 12.7. The number of fused-ring (bicyclic) bond motifs is 1. The molecule has 1 saturated heterocycles. The molecule has 0 unspecified atom stereocenters. The van der Waals surface area contributed by atoms with Crippen LogP contribution in [0, 0.1) is 0 Å². The van der Waals surface area contributed by atoms with E-state index in [2.05, 4.69) is 27.5 Å². The molecule has 1 amide bonds. The Bertz CT molecular complexity index is 782. The average Bonchev–Trinajstić information content (AvgIpc) is 3.26. The lowest BCUT2D eigenvalue weighted by molar-refractivity contribution is -0.0629. The number of nitrogens with one attached hydrogen (secondary N) is 1. The largest absolute Gasteiger partial charge is 0.373 e. The van der Waals surface area contributed by atoms with Gasteiger partial charge in [-0.15, -0.1) is 0 Å². The molecule has 2 aromatic heterocycles. The molecule has 2 aliphatic rings. The van der Waals surface area contributed by atoms with E-state index in [-0.39, 0.29) is 18.1 Å². The second kappa shape index (κ2) is 7.20. The normalized spacial score (nSPS) is 23.6. The molecule has 1 N–H and O–H groups in total. The van der Waals surface area contributed by atoms with Crippen molar-refractivity contribution < 1.29 is 9.53 Å². The van der Waals surface area contributed by atoms with Gasteiger partial charge in [0.15, 0.2) is 0 Å². The van der Waals surface area contributed by atoms with E-state index in [4.69, 9.17) is 4.74 Å². The quantitative estimate of drug-likeness (QED) is 0.873. The predicted octanol–water partition coefficient (Wildman–Crippen LogP) is 0.755. The zero-order valence-electron chi connectivity index (χ0n) is 15.4. The summed E-state index contributed by atoms with van der Waals surface area (Å²) in [6, 6.07) is 2.08. The van der Waals surface area contributed by atoms with Gasteiger partial charge < -0.3 is 10.1 Å². The van der Waals surface area contributed by atoms with Crippen molar-refractivity contribution >= 4 is 5.91 Å². The van der Waals surface area contributed by atoms with Crippen LogP contribution in [0.25, 0.3) is 0 Å². The van der Waals surface area contributed by atoms with Crippen LogP contribution in [0.4, 0.5) is 0 Å². The Hall–Kier alpha value is -2.19. The van der Waals surface area contributed by atoms with Crippen molar-refractivity contribution in [1.82, 2.24) is 29.8 Å². The molecule has 140 valence electrons. The third kappa shape index (κ3) is 3.14. The molecule has 2 atom stereocenters. The van der Waals surface area contributed by atoms with Gasteiger partial charge in [0.2, 0.25) is 0 Å². The first-order chi connectivity index (χ1) is 12.6. The first kappa shape index (κ1) is 17.2. The Balaban J connectivity index is 1.46. The smallest absolute Gasteiger partial charge is 0.254 e. The Morgan fingerprint density at radius 2 is 2.19 bits per heavy atom. The Labute approximate surface area is 153 Å². The van der Waals surface area contributed by atoms with Crippen molar-refractivity contribution in [2.75, 3.05) is 26.7 Å². The number of hydrogen-bond acceptors (Lipinski definition) is 5. The fourth-order valence-electron chi connectivity index (χ4n) is 4.02. The SMILES string of the molecule is CN1CCO[C@@H](CNC(=O)c2cnn3c2CCCC3)[C@@H]1c1ccnn1C. The summed E-state index contributed by atoms with van der Waals surface area (Å²) in [5.41, 5.74) is 2.85. The number of carbonyl (C=O) groups is 1. The molecular weight excluding hydrogens is 332 g/mol. The van der Waals surface area contributed by atoms with Crippen LogP contribution in [0.15, 0.2) is 18.5 Å². The zero-order valence-corrected chi connectivity index (χ0v) is 15.4. The van der Waals surface area contributed by atoms with E-state index < -0.39 is 0 Å². The van der Waals surface area contributed by atoms with Crippen LogP contribution < -0.4 is 5.32 Å². The van der Waals surface area contributed by atoms with Gasteiger partial charge in [0.05, 0.1) is 41.9 Å². The van der Waals surface area contributed by atoms with E-state index >= 15 is 0 Å². The second-order valence-corrected chi connectivity index (χ2v) is 7.11. The molecule has 0 saturated carbocycles. The Morgan fingerprint density at radius 1 is 1.31 bits per heavy atom. The molecule has 0 spiro atoms. The summed E-state index contributed by atoms with van der Waals surface area (Å²) < 4.78 is 9.84. The average molecular weight is 358 g/mol. The van der Waals surface area contributed by atoms with Crippen molar-refractivity contribution in [3.63, 3.8) is 0 Å². The van der Waals surface area contributed by atoms with Crippen molar-refractivity contribution in [2.24, 2.45) is 7.05 Å². The number of aryl methyl sites for hydroxylation is 2. The third-order valence-corrected chi connectivity index (χ3v) is 5.46. The fraction of sp³-hybridized carbons (Fsp3) is 0.611. The predicted molar refractivity (Wildman–Crippen MR) is 95.8 cm³/mol. The third-order valence-electron chi connectivity index (χ3n) is 5.46. The summed E-state index contributed by atoms with van der Waals surface area (Å²) in [5.74, 6) is -0.0614. The Morgan fingerprint density at radius 3 is 3.00 bits per heavy atom. The number of amides is 1. The highest BCUT2D eigenvalue weighted by Crippen LogP contribution is 2.27. The van der Waals surface area contributed by atoms with Crippen LogP contribution in [-0.2, 0) is 24.8 Å². The lowest BCUT2D eigenvalue weighted by Crippen LogP contribution is -2.49. The molecule has 0 bridgehead atoms. The van der Waals surface area contributed by atoms with Gasteiger partial charge in [-0.25, -0.2) is 0 Å². The first-order valence-corrected chi connectivity index (χ1v) is 9.28. The van der Waals surface area contributed by atoms with E-state index in [1.54, 1.807) is 12.4 Å². The maximum atomic E-state index is 12.7. The minimum absolute atomic E-state index is 0.0614. The summed E-state index contributed by atoms with van der Waals surface area (Å²) in [6.07, 6.45) is 6.55. The standard InChI is InChI=1S/C18H26N6O2/c1-22-9-10-26-16(17(22)15-6-7-20-23(15)2)12-19-18(25)13-11-21-24-8-4-3-5-14(13)24/h6-7,11,16-17H,3-5,8-10,12H2,1-2H3,(H,19,25)/t16-,17-/m0/s1. The van der Waals surface area contributed by atoms with Gasteiger partial charge in [-0.2, -0.15) is 10.2 Å². The van der Waals surface area contributed by atoms with Crippen LogP contribution in [0.3, 0.4) is 0 Å². The van der Waals surface area contributed by atoms with Crippen LogP contribution in [0.5, 0.6) is 0 Å². The maximum Gasteiger partial charge on any atom is 0.254 e. The first-order valence-electron chi connectivity index (χ1n) is 9.28. The number of hydrogen-bond donors (Lipinski definition) is 1. The summed E-state index contributed by atoms with van der Waals surface area (Å²) in [5, 5.41) is 11.7. The molecule has 8 nitrogen and oxygen atoms in total. The monoisotopic (exact) mass is 358 g/mol. The van der Waals surface area contributed by atoms with Crippen LogP contribution >= 0.6 is 0 Å². The van der Waals surface area contributed by atoms with Gasteiger partial charge in [-0.05, 0) is 32.4 Å². The number of rotatable bonds is 4. The van der Waals surface area contributed by atoms with E-state index in [9.17, 15) is 4.79 Å². The van der Waals surface area contributed by atoms with E-state index in [1.807, 2.05) is 22.5 Å². The summed E-state index contributed by atoms with van der Waals surface area (Å²) >= 11 is 0. The molecule has 0 aromatic carbocycles. The van der Waals surface area contributed by atoms with Crippen LogP contribution in [0.2, 0.25) is 0 Å². The lowest BCUT2D eigenvalue weighted by Gasteiger charge is -2.39. The summed E-state index contributed by atoms with van der Waals surface area (Å²) in [4.78, 5) is 15.0. The molecule has 2 aliphatic heterocycles. The highest BCUT2D eigenvalue weighted by Gasteiger charge is 2.34. The van der Waals surface area contributed by atoms with Gasteiger partial charge in [-0.3, -0.25) is 19.1 Å². The molecule has 26 heavy (non-hydrogen) atoms. The Kier molecular flexibility index (Phi) is 4.78. The zero-order chi connectivity index (χ0) is 18.1. The molecule has 0 aliphatic carbocycles. The molecule has 2 aromatic rings. The van der Waals surface area contributed by atoms with Gasteiger partial charge >= 0.3 is 0 Å². The van der Waals surface area contributed by atoms with Crippen molar-refractivity contribution in [2.45, 2.75) is 38.0 Å². The fourth-order valence-corrected chi connectivity index (χ4v) is 4.02. The molecule has 4 rings (SSSR count). The lowest BCUT2D eigenvalue weighted by atomic mass is 10.0. The van der Waals surface area contributed by atoms with Crippen molar-refractivity contribution in [3.8, 4) is 0 Å². The number of morpholine rings is 1. The minimum Gasteiger partial charge on any atom is -0.373 e. The van der Waals surface area contributed by atoms with E-state index in [0.717, 1.165) is 43.7 Å². The number of ether oxygens (including phenoxy) is 1. The van der Waals surface area contributed by atoms with Crippen molar-refractivity contribution in [1.29, 1.82) is 0 Å². The molecule has 0 radical (unpaired) electrons. The number of likely N-dealkylation sites (N-methyl/N-ethyl adjacent to an activating group) is 1. The second-order valence-electron chi connectivity index (χ2n) is 7.11. The summed E-state index contributed by atoms with van der Waals surface area (Å²) in [7, 11) is 4.02. The van der Waals surface area contributed by atoms with Crippen LogP contribution in [0.1, 0.15) is 40.6 Å². The topological polar surface area (TPSA) is 77.2 Å². The molecular formula is C18H26N6O2. The van der Waals surface area contributed by atoms with Crippen LogP contribution in [-0.4, -0.2) is 63.2 Å². The van der Waals surface area contributed by atoms with Gasteiger partial charge in [0.25, 0.3) is 5.91 Å². The minimum atomic E-state index is -0.112.